The fourth-order valence-electron chi connectivity index (χ4n) is 3.63. The molecule has 1 aromatic rings. The van der Waals surface area contributed by atoms with Crippen molar-refractivity contribution < 1.29 is 27.8 Å². The van der Waals surface area contributed by atoms with Gasteiger partial charge in [0.15, 0.2) is 0 Å². The molecule has 0 unspecified atom stereocenters. The van der Waals surface area contributed by atoms with Crippen molar-refractivity contribution in [1.82, 2.24) is 10.2 Å². The Morgan fingerprint density at radius 1 is 1.31 bits per heavy atom. The molecule has 1 aliphatic carbocycles. The molecule has 1 saturated carbocycles. The molecule has 1 aromatic carbocycles. The molecule has 29 heavy (non-hydrogen) atoms. The highest BCUT2D eigenvalue weighted by molar-refractivity contribution is 6.30. The number of benzene rings is 1. The number of halogens is 3. The van der Waals surface area contributed by atoms with E-state index >= 15 is 0 Å². The van der Waals surface area contributed by atoms with Crippen LogP contribution >= 0.6 is 11.6 Å². The molecule has 6 nitrogen and oxygen atoms in total. The van der Waals surface area contributed by atoms with Crippen molar-refractivity contribution >= 4 is 23.6 Å². The lowest BCUT2D eigenvalue weighted by atomic mass is 10.0. The molecule has 1 saturated heterocycles. The van der Waals surface area contributed by atoms with Gasteiger partial charge in [-0.2, -0.15) is 0 Å². The van der Waals surface area contributed by atoms with Crippen LogP contribution in [0.25, 0.3) is 0 Å². The summed E-state index contributed by atoms with van der Waals surface area (Å²) >= 11 is 5.88. The van der Waals surface area contributed by atoms with Gasteiger partial charge >= 0.3 is 6.09 Å². The number of amides is 2. The summed E-state index contributed by atoms with van der Waals surface area (Å²) in [5.41, 5.74) is -1.47. The highest BCUT2D eigenvalue weighted by Gasteiger charge is 2.54. The summed E-state index contributed by atoms with van der Waals surface area (Å²) in [5.74, 6) is -1.23. The number of carbonyl (C=O) groups is 2. The Bertz CT molecular complexity index is 810. The number of methoxy groups -OCH3 is 1. The van der Waals surface area contributed by atoms with Crippen molar-refractivity contribution in [3.63, 3.8) is 0 Å². The van der Waals surface area contributed by atoms with E-state index in [1.54, 1.807) is 32.9 Å². The van der Waals surface area contributed by atoms with Crippen LogP contribution in [0, 0.1) is 5.82 Å². The minimum atomic E-state index is -1.55. The topological polar surface area (TPSA) is 67.9 Å². The highest BCUT2D eigenvalue weighted by atomic mass is 35.5. The van der Waals surface area contributed by atoms with Gasteiger partial charge in [-0.1, -0.05) is 23.7 Å². The number of alkyl halides is 1. The van der Waals surface area contributed by atoms with Gasteiger partial charge < -0.3 is 14.8 Å². The molecule has 3 atom stereocenters. The van der Waals surface area contributed by atoms with E-state index in [9.17, 15) is 18.4 Å². The molecule has 0 radical (unpaired) electrons. The fraction of sp³-hybridized carbons (Fsp3) is 0.600. The molecule has 1 aliphatic heterocycles. The smallest absolute Gasteiger partial charge is 0.411 e. The first kappa shape index (κ1) is 21.8. The van der Waals surface area contributed by atoms with E-state index in [0.29, 0.717) is 12.8 Å². The number of nitrogens with one attached hydrogen (secondary N) is 1. The predicted octanol–water partition coefficient (Wildman–Crippen LogP) is 3.56. The van der Waals surface area contributed by atoms with Crippen LogP contribution in [0.2, 0.25) is 5.02 Å². The van der Waals surface area contributed by atoms with E-state index in [2.05, 4.69) is 5.32 Å². The van der Waals surface area contributed by atoms with E-state index in [0.717, 1.165) is 4.90 Å². The maximum Gasteiger partial charge on any atom is 0.411 e. The Balaban J connectivity index is 1.85. The van der Waals surface area contributed by atoms with Gasteiger partial charge in [0.25, 0.3) is 0 Å². The van der Waals surface area contributed by atoms with Crippen LogP contribution in [-0.2, 0) is 19.8 Å². The van der Waals surface area contributed by atoms with Crippen LogP contribution in [0.5, 0.6) is 0 Å². The third-order valence-electron chi connectivity index (χ3n) is 5.12. The molecule has 9 heteroatoms. The Morgan fingerprint density at radius 2 is 1.97 bits per heavy atom. The SMILES string of the molecule is CO[C@H]1[C@@H](C(=O)NC2(c3cccc(Cl)c3F)CC2)N(C(=O)OC(C)(C)C)C[C@@H]1F. The Hall–Kier alpha value is -1.93. The average molecular weight is 431 g/mol. The van der Waals surface area contributed by atoms with Crippen molar-refractivity contribution in [3.05, 3.63) is 34.6 Å². The highest BCUT2D eigenvalue weighted by Crippen LogP contribution is 2.47. The number of likely N-dealkylation sites (tertiary alicyclic amines) is 1. The van der Waals surface area contributed by atoms with E-state index in [4.69, 9.17) is 21.1 Å². The molecule has 1 heterocycles. The first-order valence-electron chi connectivity index (χ1n) is 9.42. The largest absolute Gasteiger partial charge is 0.444 e. The van der Waals surface area contributed by atoms with Gasteiger partial charge in [0.2, 0.25) is 5.91 Å². The van der Waals surface area contributed by atoms with E-state index in [1.165, 1.54) is 13.2 Å². The lowest BCUT2D eigenvalue weighted by Crippen LogP contribution is -2.54. The number of ether oxygens (including phenoxy) is 2. The van der Waals surface area contributed by atoms with E-state index < -0.39 is 47.3 Å². The summed E-state index contributed by atoms with van der Waals surface area (Å²) in [5, 5.41) is 2.75. The summed E-state index contributed by atoms with van der Waals surface area (Å²) in [6.07, 6.45) is -2.50. The maximum absolute atomic E-state index is 14.5. The first-order chi connectivity index (χ1) is 13.5. The molecule has 0 spiro atoms. The second-order valence-electron chi connectivity index (χ2n) is 8.47. The van der Waals surface area contributed by atoms with Gasteiger partial charge in [0.1, 0.15) is 29.7 Å². The summed E-state index contributed by atoms with van der Waals surface area (Å²) in [7, 11) is 1.28. The van der Waals surface area contributed by atoms with Gasteiger partial charge in [0.05, 0.1) is 17.1 Å². The molecule has 0 bridgehead atoms. The van der Waals surface area contributed by atoms with Gasteiger partial charge in [-0.05, 0) is 39.7 Å². The van der Waals surface area contributed by atoms with E-state index in [1.807, 2.05) is 0 Å². The predicted molar refractivity (Wildman–Crippen MR) is 103 cm³/mol. The molecular weight excluding hydrogens is 406 g/mol. The quantitative estimate of drug-likeness (QED) is 0.793. The maximum atomic E-state index is 14.5. The monoisotopic (exact) mass is 430 g/mol. The van der Waals surface area contributed by atoms with Crippen molar-refractivity contribution in [3.8, 4) is 0 Å². The van der Waals surface area contributed by atoms with E-state index in [-0.39, 0.29) is 17.1 Å². The van der Waals surface area contributed by atoms with Gasteiger partial charge in [-0.15, -0.1) is 0 Å². The molecular formula is C20H25ClF2N2O4. The summed E-state index contributed by atoms with van der Waals surface area (Å²) in [6, 6.07) is 3.35. The number of nitrogens with zero attached hydrogens (tertiary/aromatic N) is 1. The van der Waals surface area contributed by atoms with Crippen LogP contribution in [0.1, 0.15) is 39.2 Å². The number of hydrogen-bond donors (Lipinski definition) is 1. The Kier molecular flexibility index (Phi) is 5.80. The van der Waals surface area contributed by atoms with Gasteiger partial charge in [0, 0.05) is 12.7 Å². The third-order valence-corrected chi connectivity index (χ3v) is 5.41. The lowest BCUT2D eigenvalue weighted by molar-refractivity contribution is -0.130. The van der Waals surface area contributed by atoms with Crippen LogP contribution in [-0.4, -0.2) is 54.5 Å². The molecule has 160 valence electrons. The molecule has 2 aliphatic rings. The van der Waals surface area contributed by atoms with Crippen LogP contribution in [0.3, 0.4) is 0 Å². The molecule has 1 N–H and O–H groups in total. The summed E-state index contributed by atoms with van der Waals surface area (Å²) in [6.45, 7) is 4.71. The number of hydrogen-bond acceptors (Lipinski definition) is 4. The van der Waals surface area contributed by atoms with Crippen molar-refractivity contribution in [2.45, 2.75) is 63.1 Å². The van der Waals surface area contributed by atoms with Crippen molar-refractivity contribution in [1.29, 1.82) is 0 Å². The van der Waals surface area contributed by atoms with Gasteiger partial charge in [-0.25, -0.2) is 13.6 Å². The minimum Gasteiger partial charge on any atom is -0.444 e. The van der Waals surface area contributed by atoms with Gasteiger partial charge in [-0.3, -0.25) is 9.69 Å². The molecule has 3 rings (SSSR count). The van der Waals surface area contributed by atoms with Crippen LogP contribution < -0.4 is 5.32 Å². The minimum absolute atomic E-state index is 0.0436. The summed E-state index contributed by atoms with van der Waals surface area (Å²) < 4.78 is 39.5. The summed E-state index contributed by atoms with van der Waals surface area (Å²) in [4.78, 5) is 26.7. The normalized spacial score (nSPS) is 25.6. The number of rotatable bonds is 4. The average Bonchev–Trinajstić information content (AvgIpc) is 3.30. The fourth-order valence-corrected chi connectivity index (χ4v) is 3.80. The number of carbonyl (C=O) groups excluding carboxylic acids is 2. The zero-order valence-electron chi connectivity index (χ0n) is 16.8. The van der Waals surface area contributed by atoms with Crippen molar-refractivity contribution in [2.24, 2.45) is 0 Å². The third kappa shape index (κ3) is 4.33. The first-order valence-corrected chi connectivity index (χ1v) is 9.80. The molecule has 0 aromatic heterocycles. The lowest BCUT2D eigenvalue weighted by Gasteiger charge is -2.30. The second kappa shape index (κ2) is 7.72. The molecule has 2 fully saturated rings. The Morgan fingerprint density at radius 3 is 2.52 bits per heavy atom. The van der Waals surface area contributed by atoms with Crippen LogP contribution in [0.15, 0.2) is 18.2 Å². The molecule has 2 amide bonds. The van der Waals surface area contributed by atoms with Crippen LogP contribution in [0.4, 0.5) is 13.6 Å². The second-order valence-corrected chi connectivity index (χ2v) is 8.87. The standard InChI is InChI=1S/C20H25ClF2N2O4/c1-19(2,3)29-18(27)25-10-13(22)16(28-4)15(25)17(26)24-20(8-9-20)11-6-5-7-12(21)14(11)23/h5-7,13,15-16H,8-10H2,1-4H3,(H,24,26)/t13-,15-,16+/m0/s1. The Labute approximate surface area is 173 Å². The zero-order chi connectivity index (χ0) is 21.6. The zero-order valence-corrected chi connectivity index (χ0v) is 17.6. The van der Waals surface area contributed by atoms with Crippen molar-refractivity contribution in [2.75, 3.05) is 13.7 Å².